The number of fused-ring (bicyclic) bond motifs is 1. The number of aromatic nitrogens is 2. The van der Waals surface area contributed by atoms with Gasteiger partial charge in [-0.2, -0.15) is 5.10 Å². The quantitative estimate of drug-likeness (QED) is 0.925. The van der Waals surface area contributed by atoms with Gasteiger partial charge in [-0.3, -0.25) is 9.48 Å². The molecule has 1 aliphatic carbocycles. The predicted molar refractivity (Wildman–Crippen MR) is 84.1 cm³/mol. The maximum absolute atomic E-state index is 11.8. The molecule has 1 amide bonds. The van der Waals surface area contributed by atoms with E-state index < -0.39 is 5.91 Å². The van der Waals surface area contributed by atoms with Gasteiger partial charge in [-0.15, -0.1) is 0 Å². The summed E-state index contributed by atoms with van der Waals surface area (Å²) in [6.45, 7) is 2.07. The van der Waals surface area contributed by atoms with Gasteiger partial charge in [-0.1, -0.05) is 19.4 Å². The van der Waals surface area contributed by atoms with Gasteiger partial charge < -0.3 is 10.5 Å². The summed E-state index contributed by atoms with van der Waals surface area (Å²) in [5.74, 6) is -0.505. The molecule has 1 unspecified atom stereocenters. The lowest BCUT2D eigenvalue weighted by Gasteiger charge is -2.15. The van der Waals surface area contributed by atoms with Crippen LogP contribution in [-0.4, -0.2) is 27.5 Å². The lowest BCUT2D eigenvalue weighted by atomic mass is 10.1. The number of hydrogen-bond acceptors (Lipinski definition) is 4. The van der Waals surface area contributed by atoms with E-state index in [9.17, 15) is 4.79 Å². The van der Waals surface area contributed by atoms with Gasteiger partial charge in [0, 0.05) is 7.05 Å². The average molecular weight is 300 g/mol. The zero-order valence-corrected chi connectivity index (χ0v) is 12.9. The molecule has 2 heterocycles. The van der Waals surface area contributed by atoms with Gasteiger partial charge in [0.1, 0.15) is 5.69 Å². The van der Waals surface area contributed by atoms with E-state index >= 15 is 0 Å². The zero-order chi connectivity index (χ0) is 15.7. The van der Waals surface area contributed by atoms with Crippen LogP contribution in [-0.2, 0) is 18.2 Å². The SMILES string of the molecule is CCCc1nn(C)c(C(N)=O)c1N=C1CCC2=CC=COC21. The molecular weight excluding hydrogens is 280 g/mol. The zero-order valence-electron chi connectivity index (χ0n) is 12.9. The standard InChI is InChI=1S/C16H20N4O2/c1-3-5-11-13(14(16(17)21)20(2)19-11)18-12-8-7-10-6-4-9-22-15(10)12/h4,6,9,15H,3,5,7-8H2,1-2H3,(H2,17,21). The molecule has 0 bridgehead atoms. The number of primary amides is 1. The molecule has 1 saturated carbocycles. The molecule has 1 fully saturated rings. The summed E-state index contributed by atoms with van der Waals surface area (Å²) >= 11 is 0. The first kappa shape index (κ1) is 14.6. The van der Waals surface area contributed by atoms with Crippen molar-refractivity contribution in [3.8, 4) is 0 Å². The highest BCUT2D eigenvalue weighted by Crippen LogP contribution is 2.32. The van der Waals surface area contributed by atoms with E-state index in [0.717, 1.165) is 37.1 Å². The van der Waals surface area contributed by atoms with Gasteiger partial charge >= 0.3 is 0 Å². The number of aliphatic imine (C=N–C) groups is 1. The minimum Gasteiger partial charge on any atom is -0.488 e. The Morgan fingerprint density at radius 1 is 1.55 bits per heavy atom. The monoisotopic (exact) mass is 300 g/mol. The molecule has 0 spiro atoms. The van der Waals surface area contributed by atoms with E-state index in [-0.39, 0.29) is 6.10 Å². The lowest BCUT2D eigenvalue weighted by Crippen LogP contribution is -2.19. The molecule has 6 nitrogen and oxygen atoms in total. The maximum atomic E-state index is 11.8. The topological polar surface area (TPSA) is 82.5 Å². The molecular formula is C16H20N4O2. The van der Waals surface area contributed by atoms with E-state index in [1.807, 2.05) is 6.08 Å². The van der Waals surface area contributed by atoms with Crippen molar-refractivity contribution in [2.75, 3.05) is 0 Å². The Morgan fingerprint density at radius 3 is 3.09 bits per heavy atom. The first-order valence-corrected chi connectivity index (χ1v) is 7.56. The van der Waals surface area contributed by atoms with Gasteiger partial charge in [0.15, 0.2) is 11.8 Å². The van der Waals surface area contributed by atoms with Crippen LogP contribution in [0.15, 0.2) is 29.0 Å². The smallest absolute Gasteiger partial charge is 0.269 e. The van der Waals surface area contributed by atoms with Crippen LogP contribution in [0, 0.1) is 0 Å². The molecule has 3 rings (SSSR count). The van der Waals surface area contributed by atoms with Crippen LogP contribution in [0.25, 0.3) is 0 Å². The summed E-state index contributed by atoms with van der Waals surface area (Å²) in [5, 5.41) is 4.41. The number of allylic oxidation sites excluding steroid dienone is 2. The van der Waals surface area contributed by atoms with Crippen molar-refractivity contribution in [1.29, 1.82) is 0 Å². The fraction of sp³-hybridized carbons (Fsp3) is 0.438. The van der Waals surface area contributed by atoms with Crippen LogP contribution in [0.4, 0.5) is 5.69 Å². The van der Waals surface area contributed by atoms with Crippen molar-refractivity contribution in [2.45, 2.75) is 38.7 Å². The van der Waals surface area contributed by atoms with Gasteiger partial charge in [0.2, 0.25) is 0 Å². The van der Waals surface area contributed by atoms with Crippen molar-refractivity contribution in [3.05, 3.63) is 35.4 Å². The molecule has 1 atom stereocenters. The molecule has 2 aliphatic rings. The molecule has 0 radical (unpaired) electrons. The van der Waals surface area contributed by atoms with Gasteiger partial charge in [0.25, 0.3) is 5.91 Å². The fourth-order valence-electron chi connectivity index (χ4n) is 3.00. The van der Waals surface area contributed by atoms with Crippen molar-refractivity contribution >= 4 is 17.3 Å². The second-order valence-electron chi connectivity index (χ2n) is 5.57. The highest BCUT2D eigenvalue weighted by atomic mass is 16.5. The Morgan fingerprint density at radius 2 is 2.36 bits per heavy atom. The summed E-state index contributed by atoms with van der Waals surface area (Å²) in [4.78, 5) is 16.5. The first-order chi connectivity index (χ1) is 10.6. The molecule has 1 aliphatic heterocycles. The van der Waals surface area contributed by atoms with Crippen molar-refractivity contribution in [2.24, 2.45) is 17.8 Å². The summed E-state index contributed by atoms with van der Waals surface area (Å²) in [5.41, 5.74) is 9.45. The first-order valence-electron chi connectivity index (χ1n) is 7.56. The summed E-state index contributed by atoms with van der Waals surface area (Å²) in [6, 6.07) is 0. The normalized spacial score (nSPS) is 21.6. The number of hydrogen-bond donors (Lipinski definition) is 1. The Hall–Kier alpha value is -2.37. The lowest BCUT2D eigenvalue weighted by molar-refractivity contribution is 0.0992. The third-order valence-electron chi connectivity index (χ3n) is 3.98. The van der Waals surface area contributed by atoms with Crippen LogP contribution in [0.3, 0.4) is 0 Å². The summed E-state index contributed by atoms with van der Waals surface area (Å²) < 4.78 is 7.20. The number of carbonyl (C=O) groups is 1. The number of aryl methyl sites for hydroxylation is 2. The molecule has 0 saturated heterocycles. The molecule has 0 aromatic carbocycles. The molecule has 1 aromatic rings. The van der Waals surface area contributed by atoms with E-state index in [2.05, 4.69) is 18.1 Å². The van der Waals surface area contributed by atoms with Crippen LogP contribution in [0.1, 0.15) is 42.4 Å². The number of carbonyl (C=O) groups excluding carboxylic acids is 1. The van der Waals surface area contributed by atoms with E-state index in [1.165, 1.54) is 10.3 Å². The number of rotatable bonds is 4. The third-order valence-corrected chi connectivity index (χ3v) is 3.98. The van der Waals surface area contributed by atoms with E-state index in [0.29, 0.717) is 11.4 Å². The summed E-state index contributed by atoms with van der Waals surface area (Å²) in [7, 11) is 1.72. The summed E-state index contributed by atoms with van der Waals surface area (Å²) in [6.07, 6.45) is 9.00. The number of amides is 1. The number of ether oxygens (including phenoxy) is 1. The largest absolute Gasteiger partial charge is 0.488 e. The third kappa shape index (κ3) is 2.45. The molecule has 2 N–H and O–H groups in total. The van der Waals surface area contributed by atoms with Crippen LogP contribution < -0.4 is 5.73 Å². The van der Waals surface area contributed by atoms with Crippen molar-refractivity contribution in [1.82, 2.24) is 9.78 Å². The molecule has 22 heavy (non-hydrogen) atoms. The predicted octanol–water partition coefficient (Wildman–Crippen LogP) is 2.18. The number of nitrogens with zero attached hydrogens (tertiary/aromatic N) is 3. The molecule has 6 heteroatoms. The van der Waals surface area contributed by atoms with Crippen molar-refractivity contribution in [3.63, 3.8) is 0 Å². The second-order valence-corrected chi connectivity index (χ2v) is 5.57. The molecule has 116 valence electrons. The maximum Gasteiger partial charge on any atom is 0.269 e. The van der Waals surface area contributed by atoms with Crippen molar-refractivity contribution < 1.29 is 9.53 Å². The Bertz CT molecular complexity index is 697. The Balaban J connectivity index is 2.04. The van der Waals surface area contributed by atoms with Crippen LogP contribution in [0.2, 0.25) is 0 Å². The van der Waals surface area contributed by atoms with Gasteiger partial charge in [-0.25, -0.2) is 4.99 Å². The van der Waals surface area contributed by atoms with Gasteiger partial charge in [-0.05, 0) is 30.9 Å². The second kappa shape index (κ2) is 5.79. The van der Waals surface area contributed by atoms with E-state index in [1.54, 1.807) is 13.3 Å². The minimum atomic E-state index is -0.505. The fourth-order valence-corrected chi connectivity index (χ4v) is 3.00. The minimum absolute atomic E-state index is 0.111. The average Bonchev–Trinajstić information content (AvgIpc) is 3.02. The highest BCUT2D eigenvalue weighted by Gasteiger charge is 2.31. The van der Waals surface area contributed by atoms with Crippen LogP contribution >= 0.6 is 0 Å². The number of nitrogens with two attached hydrogens (primary N) is 1. The molecule has 1 aromatic heterocycles. The van der Waals surface area contributed by atoms with E-state index in [4.69, 9.17) is 15.5 Å². The Labute approximate surface area is 129 Å². The Kier molecular flexibility index (Phi) is 3.83. The highest BCUT2D eigenvalue weighted by molar-refractivity contribution is 6.01. The van der Waals surface area contributed by atoms with Gasteiger partial charge in [0.05, 0.1) is 17.7 Å². The van der Waals surface area contributed by atoms with Crippen LogP contribution in [0.5, 0.6) is 0 Å².